The maximum absolute atomic E-state index is 5.86. The maximum Gasteiger partial charge on any atom is 0.198 e. The van der Waals surface area contributed by atoms with E-state index in [2.05, 4.69) is 10.3 Å². The van der Waals surface area contributed by atoms with E-state index in [-0.39, 0.29) is 0 Å². The van der Waals surface area contributed by atoms with E-state index in [0.717, 1.165) is 17.1 Å². The smallest absolute Gasteiger partial charge is 0.198 e. The first-order valence-corrected chi connectivity index (χ1v) is 6.09. The average molecular weight is 254 g/mol. The van der Waals surface area contributed by atoms with Gasteiger partial charge in [-0.2, -0.15) is 0 Å². The molecule has 0 aliphatic heterocycles. The van der Waals surface area contributed by atoms with Gasteiger partial charge < -0.3 is 16.0 Å². The lowest BCUT2D eigenvalue weighted by Gasteiger charge is -2.12. The van der Waals surface area contributed by atoms with Crippen molar-refractivity contribution in [2.24, 2.45) is 10.7 Å². The zero-order valence-electron chi connectivity index (χ0n) is 11.2. The molecule has 2 rings (SSSR count). The summed E-state index contributed by atoms with van der Waals surface area (Å²) in [6.45, 7) is 0. The lowest BCUT2D eigenvalue weighted by molar-refractivity contribution is 1.13. The fourth-order valence-corrected chi connectivity index (χ4v) is 1.66. The Morgan fingerprint density at radius 3 is 2.21 bits per heavy atom. The number of nitrogens with one attached hydrogen (secondary N) is 1. The summed E-state index contributed by atoms with van der Waals surface area (Å²) in [4.78, 5) is 6.36. The summed E-state index contributed by atoms with van der Waals surface area (Å²) < 4.78 is 0. The van der Waals surface area contributed by atoms with Crippen molar-refractivity contribution in [3.05, 3.63) is 54.6 Å². The molecule has 0 saturated carbocycles. The van der Waals surface area contributed by atoms with Crippen molar-refractivity contribution in [3.63, 3.8) is 0 Å². The molecule has 2 aromatic carbocycles. The second-order valence-electron chi connectivity index (χ2n) is 4.40. The molecule has 0 saturated heterocycles. The van der Waals surface area contributed by atoms with Gasteiger partial charge in [0, 0.05) is 25.5 Å². The highest BCUT2D eigenvalue weighted by molar-refractivity contribution is 5.93. The van der Waals surface area contributed by atoms with Crippen LogP contribution in [0.2, 0.25) is 0 Å². The number of anilines is 2. The van der Waals surface area contributed by atoms with Crippen molar-refractivity contribution >= 4 is 23.0 Å². The summed E-state index contributed by atoms with van der Waals surface area (Å²) in [6, 6.07) is 17.6. The van der Waals surface area contributed by atoms with Crippen LogP contribution in [-0.2, 0) is 0 Å². The van der Waals surface area contributed by atoms with Crippen LogP contribution >= 0.6 is 0 Å². The Morgan fingerprint density at radius 2 is 1.63 bits per heavy atom. The second kappa shape index (κ2) is 5.91. The number of rotatable bonds is 3. The van der Waals surface area contributed by atoms with E-state index in [4.69, 9.17) is 5.73 Å². The van der Waals surface area contributed by atoms with Gasteiger partial charge in [-0.1, -0.05) is 18.2 Å². The van der Waals surface area contributed by atoms with Crippen molar-refractivity contribution in [1.82, 2.24) is 0 Å². The molecule has 0 aromatic heterocycles. The molecule has 0 radical (unpaired) electrons. The van der Waals surface area contributed by atoms with Crippen molar-refractivity contribution in [2.45, 2.75) is 0 Å². The van der Waals surface area contributed by atoms with E-state index >= 15 is 0 Å². The van der Waals surface area contributed by atoms with Gasteiger partial charge in [0.2, 0.25) is 0 Å². The molecular weight excluding hydrogens is 236 g/mol. The minimum atomic E-state index is 0.379. The standard InChI is InChI=1S/C15H18N4/c1-19(2)14-10-8-13(9-11-14)18-15(16)17-12-6-4-3-5-7-12/h3-11H,1-2H3,(H3,16,17,18). The van der Waals surface area contributed by atoms with Gasteiger partial charge in [-0.05, 0) is 36.4 Å². The first kappa shape index (κ1) is 13.0. The molecule has 0 heterocycles. The van der Waals surface area contributed by atoms with Crippen LogP contribution in [0.5, 0.6) is 0 Å². The van der Waals surface area contributed by atoms with Gasteiger partial charge in [-0.25, -0.2) is 4.99 Å². The van der Waals surface area contributed by atoms with Crippen molar-refractivity contribution in [1.29, 1.82) is 0 Å². The van der Waals surface area contributed by atoms with E-state index in [1.807, 2.05) is 73.6 Å². The number of hydrogen-bond acceptors (Lipinski definition) is 2. The highest BCUT2D eigenvalue weighted by Gasteiger charge is 1.97. The summed E-state index contributed by atoms with van der Waals surface area (Å²) in [7, 11) is 4.01. The third-order valence-corrected chi connectivity index (χ3v) is 2.66. The molecule has 0 spiro atoms. The number of para-hydroxylation sites is 1. The fourth-order valence-electron chi connectivity index (χ4n) is 1.66. The van der Waals surface area contributed by atoms with Crippen LogP contribution in [0.3, 0.4) is 0 Å². The van der Waals surface area contributed by atoms with Gasteiger partial charge in [0.15, 0.2) is 5.96 Å². The predicted octanol–water partition coefficient (Wildman–Crippen LogP) is 2.81. The molecule has 4 nitrogen and oxygen atoms in total. The minimum absolute atomic E-state index is 0.379. The van der Waals surface area contributed by atoms with Gasteiger partial charge in [0.05, 0.1) is 5.69 Å². The second-order valence-corrected chi connectivity index (χ2v) is 4.40. The van der Waals surface area contributed by atoms with E-state index in [9.17, 15) is 0 Å². The van der Waals surface area contributed by atoms with Crippen LogP contribution < -0.4 is 16.0 Å². The number of nitrogens with zero attached hydrogens (tertiary/aromatic N) is 2. The molecule has 0 aliphatic rings. The maximum atomic E-state index is 5.86. The molecule has 0 amide bonds. The van der Waals surface area contributed by atoms with E-state index in [1.54, 1.807) is 0 Å². The van der Waals surface area contributed by atoms with Gasteiger partial charge in [-0.15, -0.1) is 0 Å². The summed E-state index contributed by atoms with van der Waals surface area (Å²) in [6.07, 6.45) is 0. The highest BCUT2D eigenvalue weighted by Crippen LogP contribution is 2.18. The van der Waals surface area contributed by atoms with Gasteiger partial charge >= 0.3 is 0 Å². The molecule has 4 heteroatoms. The van der Waals surface area contributed by atoms with Gasteiger partial charge in [0.1, 0.15) is 0 Å². The number of nitrogens with two attached hydrogens (primary N) is 1. The SMILES string of the molecule is CN(C)c1ccc(N=C(N)Nc2ccccc2)cc1. The Bertz CT molecular complexity index is 544. The van der Waals surface area contributed by atoms with Crippen LogP contribution in [-0.4, -0.2) is 20.1 Å². The van der Waals surface area contributed by atoms with Crippen LogP contribution in [0.4, 0.5) is 17.1 Å². The quantitative estimate of drug-likeness (QED) is 0.654. The molecule has 0 aliphatic carbocycles. The number of benzene rings is 2. The predicted molar refractivity (Wildman–Crippen MR) is 82.1 cm³/mol. The van der Waals surface area contributed by atoms with Crippen molar-refractivity contribution < 1.29 is 0 Å². The summed E-state index contributed by atoms with van der Waals surface area (Å²) in [5, 5.41) is 3.05. The normalized spacial score (nSPS) is 11.2. The van der Waals surface area contributed by atoms with Gasteiger partial charge in [0.25, 0.3) is 0 Å². The van der Waals surface area contributed by atoms with E-state index in [0.29, 0.717) is 5.96 Å². The minimum Gasteiger partial charge on any atom is -0.378 e. The van der Waals surface area contributed by atoms with Crippen LogP contribution in [0.25, 0.3) is 0 Å². The molecular formula is C15H18N4. The highest BCUT2D eigenvalue weighted by atomic mass is 15.1. The molecule has 0 bridgehead atoms. The first-order valence-electron chi connectivity index (χ1n) is 6.09. The summed E-state index contributed by atoms with van der Waals surface area (Å²) in [5.74, 6) is 0.379. The lowest BCUT2D eigenvalue weighted by atomic mass is 10.3. The number of hydrogen-bond donors (Lipinski definition) is 2. The molecule has 2 aromatic rings. The topological polar surface area (TPSA) is 53.6 Å². The average Bonchev–Trinajstić information content (AvgIpc) is 2.40. The van der Waals surface area contributed by atoms with E-state index < -0.39 is 0 Å². The zero-order valence-corrected chi connectivity index (χ0v) is 11.2. The monoisotopic (exact) mass is 254 g/mol. The summed E-state index contributed by atoms with van der Waals surface area (Å²) >= 11 is 0. The molecule has 0 atom stereocenters. The molecule has 0 unspecified atom stereocenters. The lowest BCUT2D eigenvalue weighted by Crippen LogP contribution is -2.21. The Labute approximate surface area is 113 Å². The van der Waals surface area contributed by atoms with E-state index in [1.165, 1.54) is 0 Å². The first-order chi connectivity index (χ1) is 9.15. The Kier molecular flexibility index (Phi) is 4.03. The van der Waals surface area contributed by atoms with Crippen LogP contribution in [0, 0.1) is 0 Å². The fraction of sp³-hybridized carbons (Fsp3) is 0.133. The van der Waals surface area contributed by atoms with Crippen molar-refractivity contribution in [3.8, 4) is 0 Å². The number of guanidine groups is 1. The zero-order chi connectivity index (χ0) is 13.7. The molecule has 19 heavy (non-hydrogen) atoms. The molecule has 3 N–H and O–H groups in total. The molecule has 0 fully saturated rings. The third-order valence-electron chi connectivity index (χ3n) is 2.66. The molecule has 98 valence electrons. The van der Waals surface area contributed by atoms with Gasteiger partial charge in [-0.3, -0.25) is 0 Å². The summed E-state index contributed by atoms with van der Waals surface area (Å²) in [5.41, 5.74) is 8.75. The Balaban J connectivity index is 2.08. The van der Waals surface area contributed by atoms with Crippen molar-refractivity contribution in [2.75, 3.05) is 24.3 Å². The largest absolute Gasteiger partial charge is 0.378 e. The number of aliphatic imine (C=N–C) groups is 1. The van der Waals surface area contributed by atoms with Crippen LogP contribution in [0.1, 0.15) is 0 Å². The Hall–Kier alpha value is -2.49. The Morgan fingerprint density at radius 1 is 1.00 bits per heavy atom. The van der Waals surface area contributed by atoms with Crippen LogP contribution in [0.15, 0.2) is 59.6 Å². The third kappa shape index (κ3) is 3.74.